The summed E-state index contributed by atoms with van der Waals surface area (Å²) in [5.41, 5.74) is -1.22. The number of hydrogen-bond donors (Lipinski definition) is 1. The van der Waals surface area contributed by atoms with E-state index in [-0.39, 0.29) is 36.3 Å². The standard InChI is InChI=1S/C27H39N3O5/c1-4-17(2)19(16-31)30-23-26(34)29(18-10-6-5-7-11-18)15-9-13-27(23)22(25(30)33)21-20(35-27)12-8-14-28(3)24(21)32/h8-9,12-13,17-23,31H,4-7,10-11,14-16H2,1-3H3/t17-,19-,20+,21-,22-,23?,27-/m0/s1. The third-order valence-electron chi connectivity index (χ3n) is 9.19. The molecule has 0 aromatic carbocycles. The Morgan fingerprint density at radius 2 is 1.83 bits per heavy atom. The van der Waals surface area contributed by atoms with E-state index in [9.17, 15) is 19.5 Å². The van der Waals surface area contributed by atoms with Crippen molar-refractivity contribution in [2.24, 2.45) is 17.8 Å². The number of fused-ring (bicyclic) bond motifs is 2. The molecular formula is C27H39N3O5. The molecule has 0 bridgehead atoms. The molecule has 3 amide bonds. The molecule has 0 aromatic heterocycles. The van der Waals surface area contributed by atoms with Gasteiger partial charge in [0.05, 0.1) is 30.6 Å². The van der Waals surface area contributed by atoms with Crippen molar-refractivity contribution in [3.05, 3.63) is 24.3 Å². The van der Waals surface area contributed by atoms with Crippen LogP contribution < -0.4 is 0 Å². The topological polar surface area (TPSA) is 90.4 Å². The molecule has 1 saturated carbocycles. The van der Waals surface area contributed by atoms with Crippen LogP contribution in [0.15, 0.2) is 24.3 Å². The molecule has 1 N–H and O–H groups in total. The van der Waals surface area contributed by atoms with Gasteiger partial charge in [0.25, 0.3) is 0 Å². The molecule has 8 heteroatoms. The highest BCUT2D eigenvalue weighted by atomic mass is 16.5. The first-order valence-corrected chi connectivity index (χ1v) is 13.4. The average molecular weight is 486 g/mol. The van der Waals surface area contributed by atoms with Crippen LogP contribution >= 0.6 is 0 Å². The monoisotopic (exact) mass is 485 g/mol. The predicted octanol–water partition coefficient (Wildman–Crippen LogP) is 1.73. The molecule has 1 aliphatic carbocycles. The van der Waals surface area contributed by atoms with Gasteiger partial charge in [-0.3, -0.25) is 14.4 Å². The first kappa shape index (κ1) is 24.5. The molecule has 1 spiro atoms. The molecule has 3 fully saturated rings. The van der Waals surface area contributed by atoms with E-state index < -0.39 is 35.6 Å². The van der Waals surface area contributed by atoms with Crippen molar-refractivity contribution in [2.75, 3.05) is 26.7 Å². The van der Waals surface area contributed by atoms with Crippen LogP contribution in [-0.4, -0.2) is 94.1 Å². The van der Waals surface area contributed by atoms with Gasteiger partial charge >= 0.3 is 0 Å². The number of likely N-dealkylation sites (N-methyl/N-ethyl adjacent to an activating group) is 1. The summed E-state index contributed by atoms with van der Waals surface area (Å²) in [4.78, 5) is 47.3. The molecular weight excluding hydrogens is 446 g/mol. The summed E-state index contributed by atoms with van der Waals surface area (Å²) in [6, 6.07) is -1.26. The number of carbonyl (C=O) groups excluding carboxylic acids is 3. The fraction of sp³-hybridized carbons (Fsp3) is 0.741. The molecule has 192 valence electrons. The van der Waals surface area contributed by atoms with Crippen LogP contribution in [0.1, 0.15) is 52.4 Å². The van der Waals surface area contributed by atoms with Gasteiger partial charge in [0.15, 0.2) is 0 Å². The van der Waals surface area contributed by atoms with E-state index in [4.69, 9.17) is 4.74 Å². The van der Waals surface area contributed by atoms with Crippen molar-refractivity contribution in [1.82, 2.24) is 14.7 Å². The average Bonchev–Trinajstić information content (AvgIpc) is 3.19. The van der Waals surface area contributed by atoms with Gasteiger partial charge in [-0.2, -0.15) is 0 Å². The van der Waals surface area contributed by atoms with E-state index >= 15 is 0 Å². The summed E-state index contributed by atoms with van der Waals surface area (Å²) >= 11 is 0. The number of nitrogens with zero attached hydrogens (tertiary/aromatic N) is 3. The van der Waals surface area contributed by atoms with E-state index in [1.807, 2.05) is 43.1 Å². The number of amides is 3. The first-order valence-electron chi connectivity index (χ1n) is 13.4. The quantitative estimate of drug-likeness (QED) is 0.599. The molecule has 5 rings (SSSR count). The maximum Gasteiger partial charge on any atom is 0.249 e. The molecule has 35 heavy (non-hydrogen) atoms. The SMILES string of the molecule is CC[C@H](C)[C@H](CO)N1C(=O)[C@@H]2[C@H]3C(=O)N(C)CC=C[C@H]3O[C@@]23C=CCN(C2CCCCC2)C(=O)C13. The highest BCUT2D eigenvalue weighted by Gasteiger charge is 2.72. The van der Waals surface area contributed by atoms with Crippen LogP contribution in [0.3, 0.4) is 0 Å². The van der Waals surface area contributed by atoms with Gasteiger partial charge in [-0.05, 0) is 18.8 Å². The Morgan fingerprint density at radius 1 is 1.09 bits per heavy atom. The van der Waals surface area contributed by atoms with Crippen LogP contribution in [0.5, 0.6) is 0 Å². The molecule has 5 aliphatic rings. The lowest BCUT2D eigenvalue weighted by Crippen LogP contribution is -2.60. The number of rotatable bonds is 5. The second-order valence-corrected chi connectivity index (χ2v) is 11.1. The highest BCUT2D eigenvalue weighted by molar-refractivity contribution is 6.00. The van der Waals surface area contributed by atoms with Gasteiger partial charge in [0, 0.05) is 26.2 Å². The maximum absolute atomic E-state index is 14.4. The van der Waals surface area contributed by atoms with Crippen molar-refractivity contribution in [2.45, 2.75) is 82.2 Å². The lowest BCUT2D eigenvalue weighted by Gasteiger charge is -2.42. The van der Waals surface area contributed by atoms with Gasteiger partial charge in [0.1, 0.15) is 11.6 Å². The number of carbonyl (C=O) groups is 3. The van der Waals surface area contributed by atoms with E-state index in [0.29, 0.717) is 13.1 Å². The van der Waals surface area contributed by atoms with Crippen LogP contribution in [-0.2, 0) is 19.1 Å². The Hall–Kier alpha value is -2.19. The summed E-state index contributed by atoms with van der Waals surface area (Å²) in [7, 11) is 1.74. The van der Waals surface area contributed by atoms with Crippen molar-refractivity contribution >= 4 is 17.7 Å². The van der Waals surface area contributed by atoms with Crippen molar-refractivity contribution < 1.29 is 24.2 Å². The van der Waals surface area contributed by atoms with Gasteiger partial charge in [-0.1, -0.05) is 63.8 Å². The Balaban J connectivity index is 1.62. The van der Waals surface area contributed by atoms with E-state index in [1.165, 1.54) is 6.42 Å². The summed E-state index contributed by atoms with van der Waals surface area (Å²) in [6.07, 6.45) is 13.2. The lowest BCUT2D eigenvalue weighted by atomic mass is 9.77. The smallest absolute Gasteiger partial charge is 0.249 e. The Bertz CT molecular complexity index is 928. The molecule has 1 unspecified atom stereocenters. The van der Waals surface area contributed by atoms with Gasteiger partial charge < -0.3 is 24.5 Å². The maximum atomic E-state index is 14.4. The predicted molar refractivity (Wildman–Crippen MR) is 130 cm³/mol. The Labute approximate surface area is 207 Å². The van der Waals surface area contributed by atoms with E-state index in [1.54, 1.807) is 16.8 Å². The van der Waals surface area contributed by atoms with Crippen molar-refractivity contribution in [3.63, 3.8) is 0 Å². The number of aliphatic hydroxyl groups excluding tert-OH is 1. The second-order valence-electron chi connectivity index (χ2n) is 11.1. The van der Waals surface area contributed by atoms with Gasteiger partial charge in [0.2, 0.25) is 17.7 Å². The molecule has 2 saturated heterocycles. The summed E-state index contributed by atoms with van der Waals surface area (Å²) in [5.74, 6) is -1.98. The van der Waals surface area contributed by atoms with Crippen molar-refractivity contribution in [3.8, 4) is 0 Å². The molecule has 4 aliphatic heterocycles. The van der Waals surface area contributed by atoms with Crippen LogP contribution in [0, 0.1) is 17.8 Å². The largest absolute Gasteiger partial charge is 0.394 e. The Morgan fingerprint density at radius 3 is 2.51 bits per heavy atom. The number of likely N-dealkylation sites (tertiary alicyclic amines) is 1. The summed E-state index contributed by atoms with van der Waals surface area (Å²) in [5, 5.41) is 10.4. The number of aliphatic hydroxyl groups is 1. The molecule has 4 heterocycles. The third kappa shape index (κ3) is 3.67. The fourth-order valence-corrected chi connectivity index (χ4v) is 7.11. The molecule has 8 nitrogen and oxygen atoms in total. The molecule has 7 atom stereocenters. The van der Waals surface area contributed by atoms with Gasteiger partial charge in [-0.25, -0.2) is 0 Å². The minimum atomic E-state index is -1.22. The van der Waals surface area contributed by atoms with Crippen LogP contribution in [0.4, 0.5) is 0 Å². The third-order valence-corrected chi connectivity index (χ3v) is 9.19. The van der Waals surface area contributed by atoms with Crippen molar-refractivity contribution in [1.29, 1.82) is 0 Å². The van der Waals surface area contributed by atoms with Crippen LogP contribution in [0.25, 0.3) is 0 Å². The summed E-state index contributed by atoms with van der Waals surface area (Å²) < 4.78 is 6.66. The molecule has 0 radical (unpaired) electrons. The minimum Gasteiger partial charge on any atom is -0.394 e. The molecule has 0 aromatic rings. The van der Waals surface area contributed by atoms with E-state index in [2.05, 4.69) is 0 Å². The van der Waals surface area contributed by atoms with E-state index in [0.717, 1.165) is 32.1 Å². The first-order chi connectivity index (χ1) is 16.9. The zero-order valence-corrected chi connectivity index (χ0v) is 21.1. The number of hydrogen-bond acceptors (Lipinski definition) is 5. The Kier molecular flexibility index (Phi) is 6.55. The highest BCUT2D eigenvalue weighted by Crippen LogP contribution is 2.54. The zero-order chi connectivity index (χ0) is 24.9. The normalized spacial score (nSPS) is 37.1. The fourth-order valence-electron chi connectivity index (χ4n) is 7.11. The minimum absolute atomic E-state index is 0.00816. The summed E-state index contributed by atoms with van der Waals surface area (Å²) in [6.45, 7) is 4.73. The lowest BCUT2D eigenvalue weighted by molar-refractivity contribution is -0.154. The number of ether oxygens (including phenoxy) is 1. The zero-order valence-electron chi connectivity index (χ0n) is 21.1. The van der Waals surface area contributed by atoms with Crippen LogP contribution in [0.2, 0.25) is 0 Å². The van der Waals surface area contributed by atoms with Gasteiger partial charge in [-0.15, -0.1) is 0 Å². The second kappa shape index (κ2) is 9.36.